The van der Waals surface area contributed by atoms with Crippen molar-refractivity contribution in [3.8, 4) is 0 Å². The lowest BCUT2D eigenvalue weighted by molar-refractivity contribution is 0.116. The molecule has 1 heterocycles. The Morgan fingerprint density at radius 2 is 2.10 bits per heavy atom. The molecule has 5 heteroatoms. The number of aliphatic imine (C=N–C) groups is 1. The minimum atomic E-state index is 0. The maximum Gasteiger partial charge on any atom is 0.194 e. The van der Waals surface area contributed by atoms with Crippen LogP contribution < -0.4 is 5.32 Å². The highest BCUT2D eigenvalue weighted by Gasteiger charge is 2.30. The number of likely N-dealkylation sites (tertiary alicyclic amines) is 1. The fourth-order valence-electron chi connectivity index (χ4n) is 2.25. The average molecular weight is 397 g/mol. The summed E-state index contributed by atoms with van der Waals surface area (Å²) in [5, 5.41) is 3.38. The van der Waals surface area contributed by atoms with E-state index in [1.165, 1.54) is 6.42 Å². The van der Waals surface area contributed by atoms with Crippen molar-refractivity contribution in [2.45, 2.75) is 41.0 Å². The van der Waals surface area contributed by atoms with Crippen molar-refractivity contribution in [2.24, 2.45) is 16.3 Å². The van der Waals surface area contributed by atoms with Gasteiger partial charge in [-0.3, -0.25) is 4.99 Å². The molecule has 0 amide bonds. The molecule has 0 aliphatic carbocycles. The largest absolute Gasteiger partial charge is 0.379 e. The summed E-state index contributed by atoms with van der Waals surface area (Å²) in [6, 6.07) is 0. The Labute approximate surface area is 141 Å². The molecule has 1 fully saturated rings. The number of rotatable bonds is 6. The summed E-state index contributed by atoms with van der Waals surface area (Å²) in [4.78, 5) is 7.03. The van der Waals surface area contributed by atoms with Crippen molar-refractivity contribution in [2.75, 3.05) is 39.4 Å². The predicted molar refractivity (Wildman–Crippen MR) is 97.0 cm³/mol. The number of hydrogen-bond donors (Lipinski definition) is 1. The average Bonchev–Trinajstić information content (AvgIpc) is 2.67. The SMILES string of the molecule is CCNC(=NCCOCC(C)C)N1CCC(C)(C)C1.I. The summed E-state index contributed by atoms with van der Waals surface area (Å²) in [6.07, 6.45) is 1.24. The second-order valence-corrected chi connectivity index (χ2v) is 6.54. The van der Waals surface area contributed by atoms with Crippen LogP contribution in [0.3, 0.4) is 0 Å². The summed E-state index contributed by atoms with van der Waals surface area (Å²) in [5.74, 6) is 1.64. The Hall–Kier alpha value is -0.0400. The van der Waals surface area contributed by atoms with Crippen LogP contribution in [0.15, 0.2) is 4.99 Å². The number of halogens is 1. The molecule has 1 aliphatic heterocycles. The summed E-state index contributed by atoms with van der Waals surface area (Å²) < 4.78 is 5.57. The van der Waals surface area contributed by atoms with Crippen molar-refractivity contribution in [3.05, 3.63) is 0 Å². The molecule has 4 nitrogen and oxygen atoms in total. The molecule has 1 saturated heterocycles. The zero-order valence-electron chi connectivity index (χ0n) is 13.7. The molecule has 0 aromatic carbocycles. The fraction of sp³-hybridized carbons (Fsp3) is 0.933. The van der Waals surface area contributed by atoms with Gasteiger partial charge >= 0.3 is 0 Å². The van der Waals surface area contributed by atoms with Crippen LogP contribution in [0.2, 0.25) is 0 Å². The molecule has 0 unspecified atom stereocenters. The van der Waals surface area contributed by atoms with Gasteiger partial charge in [-0.1, -0.05) is 27.7 Å². The summed E-state index contributed by atoms with van der Waals surface area (Å²) in [7, 11) is 0. The molecule has 0 aromatic rings. The standard InChI is InChI=1S/C15H31N3O.HI/c1-6-16-14(17-8-10-19-11-13(2)3)18-9-7-15(4,5)12-18;/h13H,6-12H2,1-5H3,(H,16,17);1H. The fourth-order valence-corrected chi connectivity index (χ4v) is 2.25. The van der Waals surface area contributed by atoms with Crippen molar-refractivity contribution < 1.29 is 4.74 Å². The molecule has 1 aliphatic rings. The van der Waals surface area contributed by atoms with Gasteiger partial charge in [0.2, 0.25) is 0 Å². The normalized spacial score (nSPS) is 18.3. The van der Waals surface area contributed by atoms with Gasteiger partial charge < -0.3 is 15.0 Å². The van der Waals surface area contributed by atoms with Crippen LogP contribution in [0.25, 0.3) is 0 Å². The highest BCUT2D eigenvalue weighted by molar-refractivity contribution is 14.0. The lowest BCUT2D eigenvalue weighted by Gasteiger charge is -2.23. The molecule has 1 rings (SSSR count). The van der Waals surface area contributed by atoms with Crippen molar-refractivity contribution >= 4 is 29.9 Å². The predicted octanol–water partition coefficient (Wildman–Crippen LogP) is 2.97. The van der Waals surface area contributed by atoms with Gasteiger partial charge in [0.05, 0.1) is 13.2 Å². The van der Waals surface area contributed by atoms with E-state index in [9.17, 15) is 0 Å². The third kappa shape index (κ3) is 7.67. The Balaban J connectivity index is 0.00000361. The van der Waals surface area contributed by atoms with Crippen molar-refractivity contribution in [3.63, 3.8) is 0 Å². The highest BCUT2D eigenvalue weighted by Crippen LogP contribution is 2.28. The monoisotopic (exact) mass is 397 g/mol. The second kappa shape index (κ2) is 9.82. The molecule has 120 valence electrons. The van der Waals surface area contributed by atoms with Gasteiger partial charge in [-0.15, -0.1) is 24.0 Å². The molecular weight excluding hydrogens is 365 g/mol. The Bertz CT molecular complexity index is 293. The first kappa shape index (κ1) is 20.0. The van der Waals surface area contributed by atoms with Crippen LogP contribution in [-0.2, 0) is 4.74 Å². The number of nitrogens with one attached hydrogen (secondary N) is 1. The zero-order valence-corrected chi connectivity index (χ0v) is 16.1. The van der Waals surface area contributed by atoms with Crippen LogP contribution in [0.4, 0.5) is 0 Å². The third-order valence-corrected chi connectivity index (χ3v) is 3.26. The van der Waals surface area contributed by atoms with E-state index < -0.39 is 0 Å². The van der Waals surface area contributed by atoms with E-state index in [4.69, 9.17) is 4.74 Å². The van der Waals surface area contributed by atoms with Crippen LogP contribution in [0.5, 0.6) is 0 Å². The van der Waals surface area contributed by atoms with E-state index in [1.807, 2.05) is 0 Å². The molecular formula is C15H32IN3O. The van der Waals surface area contributed by atoms with Crippen molar-refractivity contribution in [1.82, 2.24) is 10.2 Å². The maximum atomic E-state index is 5.57. The molecule has 20 heavy (non-hydrogen) atoms. The molecule has 0 atom stereocenters. The number of nitrogens with zero attached hydrogens (tertiary/aromatic N) is 2. The molecule has 0 spiro atoms. The van der Waals surface area contributed by atoms with E-state index in [-0.39, 0.29) is 24.0 Å². The topological polar surface area (TPSA) is 36.9 Å². The number of ether oxygens (including phenoxy) is 1. The summed E-state index contributed by atoms with van der Waals surface area (Å²) in [6.45, 7) is 16.5. The van der Waals surface area contributed by atoms with Crippen molar-refractivity contribution in [1.29, 1.82) is 0 Å². The molecule has 0 bridgehead atoms. The van der Waals surface area contributed by atoms with Crippen LogP contribution in [0.1, 0.15) is 41.0 Å². The first-order valence-electron chi connectivity index (χ1n) is 7.55. The Kier molecular flexibility index (Phi) is 9.80. The minimum absolute atomic E-state index is 0. The summed E-state index contributed by atoms with van der Waals surface area (Å²) >= 11 is 0. The van der Waals surface area contributed by atoms with E-state index in [1.54, 1.807) is 0 Å². The lowest BCUT2D eigenvalue weighted by Crippen LogP contribution is -2.41. The quantitative estimate of drug-likeness (QED) is 0.324. The van der Waals surface area contributed by atoms with E-state index in [0.717, 1.165) is 38.7 Å². The second-order valence-electron chi connectivity index (χ2n) is 6.54. The number of guanidine groups is 1. The van der Waals surface area contributed by atoms with Crippen LogP contribution in [-0.4, -0.2) is 50.3 Å². The van der Waals surface area contributed by atoms with E-state index in [2.05, 4.69) is 49.8 Å². The van der Waals surface area contributed by atoms with E-state index >= 15 is 0 Å². The van der Waals surface area contributed by atoms with E-state index in [0.29, 0.717) is 17.9 Å². The highest BCUT2D eigenvalue weighted by atomic mass is 127. The van der Waals surface area contributed by atoms with Gasteiger partial charge in [0.15, 0.2) is 5.96 Å². The lowest BCUT2D eigenvalue weighted by atomic mass is 9.93. The smallest absolute Gasteiger partial charge is 0.194 e. The first-order chi connectivity index (χ1) is 8.94. The maximum absolute atomic E-state index is 5.57. The molecule has 0 saturated carbocycles. The zero-order chi connectivity index (χ0) is 14.3. The van der Waals surface area contributed by atoms with Crippen LogP contribution in [0, 0.1) is 11.3 Å². The summed E-state index contributed by atoms with van der Waals surface area (Å²) in [5.41, 5.74) is 0.407. The molecule has 1 N–H and O–H groups in total. The van der Waals surface area contributed by atoms with Gasteiger partial charge in [0.25, 0.3) is 0 Å². The minimum Gasteiger partial charge on any atom is -0.379 e. The van der Waals surface area contributed by atoms with Crippen LogP contribution >= 0.6 is 24.0 Å². The van der Waals surface area contributed by atoms with Gasteiger partial charge in [-0.25, -0.2) is 0 Å². The van der Waals surface area contributed by atoms with Gasteiger partial charge in [0, 0.05) is 26.2 Å². The number of hydrogen-bond acceptors (Lipinski definition) is 2. The van der Waals surface area contributed by atoms with Gasteiger partial charge in [0.1, 0.15) is 0 Å². The van der Waals surface area contributed by atoms with Gasteiger partial charge in [-0.05, 0) is 24.7 Å². The first-order valence-corrected chi connectivity index (χ1v) is 7.55. The van der Waals surface area contributed by atoms with Gasteiger partial charge in [-0.2, -0.15) is 0 Å². The third-order valence-electron chi connectivity index (χ3n) is 3.26. The Morgan fingerprint density at radius 1 is 1.40 bits per heavy atom. The molecule has 0 aromatic heterocycles. The molecule has 0 radical (unpaired) electrons. The Morgan fingerprint density at radius 3 is 2.60 bits per heavy atom.